The molecule has 3 N–H and O–H groups in total. The number of hydrogen-bond donors (Lipinski definition) is 3. The van der Waals surface area contributed by atoms with Crippen LogP contribution in [0.1, 0.15) is 31.9 Å². The number of amides is 2. The zero-order valence-electron chi connectivity index (χ0n) is 13.4. The van der Waals surface area contributed by atoms with Crippen LogP contribution in [0, 0.1) is 6.92 Å². The van der Waals surface area contributed by atoms with Crippen LogP contribution in [-0.2, 0) is 5.41 Å². The summed E-state index contributed by atoms with van der Waals surface area (Å²) >= 11 is 0. The van der Waals surface area contributed by atoms with Crippen molar-refractivity contribution < 1.29 is 9.90 Å². The molecule has 0 unspecified atom stereocenters. The van der Waals surface area contributed by atoms with E-state index in [0.717, 1.165) is 5.56 Å². The van der Waals surface area contributed by atoms with Crippen molar-refractivity contribution >= 4 is 17.4 Å². The first-order chi connectivity index (χ1) is 10.3. The number of phenolic OH excluding ortho intramolecular Hbond substituents is 1. The van der Waals surface area contributed by atoms with Crippen LogP contribution in [0.5, 0.6) is 5.75 Å². The third-order valence-corrected chi connectivity index (χ3v) is 3.41. The monoisotopic (exact) mass is 298 g/mol. The van der Waals surface area contributed by atoms with E-state index in [9.17, 15) is 9.90 Å². The minimum atomic E-state index is -0.386. The molecule has 0 saturated heterocycles. The Morgan fingerprint density at radius 2 is 1.64 bits per heavy atom. The lowest BCUT2D eigenvalue weighted by atomic mass is 9.87. The highest BCUT2D eigenvalue weighted by Crippen LogP contribution is 2.25. The molecule has 2 rings (SSSR count). The molecule has 0 saturated carbocycles. The van der Waals surface area contributed by atoms with E-state index in [1.54, 1.807) is 12.1 Å². The second kappa shape index (κ2) is 6.10. The maximum atomic E-state index is 12.0. The topological polar surface area (TPSA) is 61.4 Å². The molecule has 0 aliphatic rings. The molecule has 0 fully saturated rings. The van der Waals surface area contributed by atoms with Crippen molar-refractivity contribution in [2.75, 3.05) is 10.6 Å². The Balaban J connectivity index is 2.03. The van der Waals surface area contributed by atoms with Crippen molar-refractivity contribution in [2.24, 2.45) is 0 Å². The van der Waals surface area contributed by atoms with Gasteiger partial charge in [0.05, 0.1) is 5.69 Å². The van der Waals surface area contributed by atoms with Gasteiger partial charge in [0.25, 0.3) is 0 Å². The average Bonchev–Trinajstić information content (AvgIpc) is 2.41. The second-order valence-electron chi connectivity index (χ2n) is 6.43. The highest BCUT2D eigenvalue weighted by atomic mass is 16.3. The van der Waals surface area contributed by atoms with Gasteiger partial charge in [0.1, 0.15) is 5.75 Å². The van der Waals surface area contributed by atoms with Crippen molar-refractivity contribution in [3.8, 4) is 5.75 Å². The van der Waals surface area contributed by atoms with Crippen LogP contribution in [0.25, 0.3) is 0 Å². The molecule has 0 heterocycles. The van der Waals surface area contributed by atoms with Gasteiger partial charge in [0.2, 0.25) is 0 Å². The Hall–Kier alpha value is -2.49. The molecule has 4 heteroatoms. The molecule has 4 nitrogen and oxygen atoms in total. The molecule has 0 bridgehead atoms. The first-order valence-electron chi connectivity index (χ1n) is 7.24. The van der Waals surface area contributed by atoms with E-state index < -0.39 is 0 Å². The lowest BCUT2D eigenvalue weighted by Gasteiger charge is -2.19. The number of nitrogens with one attached hydrogen (secondary N) is 2. The van der Waals surface area contributed by atoms with Crippen LogP contribution >= 0.6 is 0 Å². The predicted octanol–water partition coefficient (Wildman–Crippen LogP) is 4.64. The number of rotatable bonds is 2. The second-order valence-corrected chi connectivity index (χ2v) is 6.43. The van der Waals surface area contributed by atoms with Gasteiger partial charge in [-0.1, -0.05) is 39.0 Å². The molecule has 0 aliphatic heterocycles. The fraction of sp³-hybridized carbons (Fsp3) is 0.278. The first-order valence-corrected chi connectivity index (χ1v) is 7.24. The SMILES string of the molecule is Cc1ccc(NC(=O)Nc2ccc(C(C)(C)C)cc2)c(O)c1. The van der Waals surface area contributed by atoms with Crippen LogP contribution in [-0.4, -0.2) is 11.1 Å². The van der Waals surface area contributed by atoms with Gasteiger partial charge < -0.3 is 15.7 Å². The molecule has 0 radical (unpaired) electrons. The van der Waals surface area contributed by atoms with Gasteiger partial charge in [0.15, 0.2) is 0 Å². The maximum Gasteiger partial charge on any atom is 0.323 e. The zero-order valence-corrected chi connectivity index (χ0v) is 13.4. The van der Waals surface area contributed by atoms with E-state index in [4.69, 9.17) is 0 Å². The molecule has 0 aromatic heterocycles. The van der Waals surface area contributed by atoms with Gasteiger partial charge in [-0.15, -0.1) is 0 Å². The predicted molar refractivity (Wildman–Crippen MR) is 90.6 cm³/mol. The molecule has 116 valence electrons. The number of aromatic hydroxyl groups is 1. The van der Waals surface area contributed by atoms with Crippen LogP contribution in [0.3, 0.4) is 0 Å². The highest BCUT2D eigenvalue weighted by molar-refractivity contribution is 6.00. The standard InChI is InChI=1S/C18H22N2O2/c1-12-5-10-15(16(21)11-12)20-17(22)19-14-8-6-13(7-9-14)18(2,3)4/h5-11,21H,1-4H3,(H2,19,20,22). The first kappa shape index (κ1) is 15.9. The van der Waals surface area contributed by atoms with E-state index in [-0.39, 0.29) is 17.2 Å². The lowest BCUT2D eigenvalue weighted by Crippen LogP contribution is -2.19. The summed E-state index contributed by atoms with van der Waals surface area (Å²) in [6, 6.07) is 12.5. The smallest absolute Gasteiger partial charge is 0.323 e. The number of phenols is 1. The minimum absolute atomic E-state index is 0.0539. The van der Waals surface area contributed by atoms with Gasteiger partial charge in [-0.2, -0.15) is 0 Å². The van der Waals surface area contributed by atoms with Crippen molar-refractivity contribution in [1.82, 2.24) is 0 Å². The molecule has 0 spiro atoms. The molecule has 2 aromatic rings. The Bertz CT molecular complexity index is 670. The Kier molecular flexibility index (Phi) is 4.40. The minimum Gasteiger partial charge on any atom is -0.506 e. The quantitative estimate of drug-likeness (QED) is 0.707. The molecule has 0 atom stereocenters. The number of aryl methyl sites for hydroxylation is 1. The molecule has 0 aliphatic carbocycles. The van der Waals surface area contributed by atoms with Gasteiger partial charge >= 0.3 is 6.03 Å². The third kappa shape index (κ3) is 4.01. The van der Waals surface area contributed by atoms with Crippen LogP contribution in [0.15, 0.2) is 42.5 Å². The summed E-state index contributed by atoms with van der Waals surface area (Å²) in [4.78, 5) is 12.0. The molecule has 2 amide bonds. The number of urea groups is 1. The average molecular weight is 298 g/mol. The Labute approximate surface area is 131 Å². The van der Waals surface area contributed by atoms with Crippen LogP contribution < -0.4 is 10.6 Å². The lowest BCUT2D eigenvalue weighted by molar-refractivity contribution is 0.262. The number of hydrogen-bond acceptors (Lipinski definition) is 2. The van der Waals surface area contributed by atoms with Crippen molar-refractivity contribution in [2.45, 2.75) is 33.1 Å². The van der Waals surface area contributed by atoms with Crippen molar-refractivity contribution in [1.29, 1.82) is 0 Å². The molecule has 22 heavy (non-hydrogen) atoms. The van der Waals surface area contributed by atoms with Crippen molar-refractivity contribution in [3.63, 3.8) is 0 Å². The Morgan fingerprint density at radius 1 is 1.00 bits per heavy atom. The fourth-order valence-electron chi connectivity index (χ4n) is 2.09. The van der Waals surface area contributed by atoms with Gasteiger partial charge in [-0.05, 0) is 47.7 Å². The summed E-state index contributed by atoms with van der Waals surface area (Å²) in [5.74, 6) is 0.0539. The van der Waals surface area contributed by atoms with E-state index in [2.05, 4.69) is 31.4 Å². The summed E-state index contributed by atoms with van der Waals surface area (Å²) in [5.41, 5.74) is 3.30. The summed E-state index contributed by atoms with van der Waals surface area (Å²) in [6.07, 6.45) is 0. The molecular weight excluding hydrogens is 276 g/mol. The number of benzene rings is 2. The number of carbonyl (C=O) groups is 1. The molecular formula is C18H22N2O2. The Morgan fingerprint density at radius 3 is 2.18 bits per heavy atom. The maximum absolute atomic E-state index is 12.0. The van der Waals surface area contributed by atoms with Crippen LogP contribution in [0.4, 0.5) is 16.2 Å². The summed E-state index contributed by atoms with van der Waals surface area (Å²) in [5, 5.41) is 15.2. The largest absolute Gasteiger partial charge is 0.506 e. The fourth-order valence-corrected chi connectivity index (χ4v) is 2.09. The molecule has 2 aromatic carbocycles. The highest BCUT2D eigenvalue weighted by Gasteiger charge is 2.13. The van der Waals surface area contributed by atoms with Gasteiger partial charge in [0, 0.05) is 5.69 Å². The normalized spacial score (nSPS) is 11.1. The third-order valence-electron chi connectivity index (χ3n) is 3.41. The van der Waals surface area contributed by atoms with E-state index >= 15 is 0 Å². The summed E-state index contributed by atoms with van der Waals surface area (Å²) < 4.78 is 0. The number of anilines is 2. The summed E-state index contributed by atoms with van der Waals surface area (Å²) in [6.45, 7) is 8.30. The number of carbonyl (C=O) groups excluding carboxylic acids is 1. The zero-order chi connectivity index (χ0) is 16.3. The van der Waals surface area contributed by atoms with Crippen LogP contribution in [0.2, 0.25) is 0 Å². The van der Waals surface area contributed by atoms with E-state index in [0.29, 0.717) is 11.4 Å². The van der Waals surface area contributed by atoms with E-state index in [1.165, 1.54) is 5.56 Å². The van der Waals surface area contributed by atoms with E-state index in [1.807, 2.05) is 37.3 Å². The van der Waals surface area contributed by atoms with Gasteiger partial charge in [-0.3, -0.25) is 0 Å². The van der Waals surface area contributed by atoms with Gasteiger partial charge in [-0.25, -0.2) is 4.79 Å². The van der Waals surface area contributed by atoms with Crippen molar-refractivity contribution in [3.05, 3.63) is 53.6 Å². The summed E-state index contributed by atoms with van der Waals surface area (Å²) in [7, 11) is 0.